The van der Waals surface area contributed by atoms with Crippen LogP contribution in [0.3, 0.4) is 0 Å². The third-order valence-corrected chi connectivity index (χ3v) is 5.82. The van der Waals surface area contributed by atoms with Gasteiger partial charge in [0.25, 0.3) is 0 Å². The molecule has 1 aliphatic rings. The van der Waals surface area contributed by atoms with Crippen LogP contribution in [0.1, 0.15) is 59.4 Å². The van der Waals surface area contributed by atoms with E-state index >= 15 is 0 Å². The molecule has 2 N–H and O–H groups in total. The van der Waals surface area contributed by atoms with Crippen LogP contribution in [0.25, 0.3) is 0 Å². The Kier molecular flexibility index (Phi) is 7.50. The maximum absolute atomic E-state index is 13.2. The Balaban J connectivity index is 2.13. The predicted octanol–water partition coefficient (Wildman–Crippen LogP) is 3.57. The van der Waals surface area contributed by atoms with Gasteiger partial charge >= 0.3 is 12.1 Å². The topological polar surface area (TPSA) is 95.9 Å². The highest BCUT2D eigenvalue weighted by molar-refractivity contribution is 5.87. The molecule has 1 heterocycles. The molecule has 0 aliphatic carbocycles. The number of nitrogens with one attached hydrogen (secondary N) is 1. The summed E-state index contributed by atoms with van der Waals surface area (Å²) in [6, 6.07) is 8.48. The van der Waals surface area contributed by atoms with Gasteiger partial charge in [-0.25, -0.2) is 4.79 Å². The van der Waals surface area contributed by atoms with Gasteiger partial charge in [-0.05, 0) is 45.1 Å². The number of rotatable bonds is 6. The first kappa shape index (κ1) is 23.7. The molecule has 2 amide bonds. The quantitative estimate of drug-likeness (QED) is 0.736. The minimum Gasteiger partial charge on any atom is -0.481 e. The van der Waals surface area contributed by atoms with Gasteiger partial charge in [-0.15, -0.1) is 0 Å². The smallest absolute Gasteiger partial charge is 0.408 e. The van der Waals surface area contributed by atoms with Crippen molar-refractivity contribution in [2.75, 3.05) is 13.1 Å². The highest BCUT2D eigenvalue weighted by Gasteiger charge is 2.45. The molecule has 1 aromatic rings. The van der Waals surface area contributed by atoms with Crippen LogP contribution in [-0.4, -0.2) is 52.7 Å². The van der Waals surface area contributed by atoms with Crippen molar-refractivity contribution in [2.24, 2.45) is 5.92 Å². The molecule has 0 aromatic heterocycles. The first-order chi connectivity index (χ1) is 14.0. The van der Waals surface area contributed by atoms with Crippen molar-refractivity contribution in [3.8, 4) is 0 Å². The Hall–Kier alpha value is -2.57. The maximum Gasteiger partial charge on any atom is 0.408 e. The molecule has 7 heteroatoms. The minimum absolute atomic E-state index is 0.0784. The normalized spacial score (nSPS) is 18.2. The lowest BCUT2D eigenvalue weighted by Crippen LogP contribution is -2.56. The first-order valence-corrected chi connectivity index (χ1v) is 10.6. The number of amides is 2. The summed E-state index contributed by atoms with van der Waals surface area (Å²) < 4.78 is 5.32. The van der Waals surface area contributed by atoms with Crippen LogP contribution in [0.5, 0.6) is 0 Å². The van der Waals surface area contributed by atoms with Gasteiger partial charge in [0.1, 0.15) is 11.6 Å². The molecule has 166 valence electrons. The summed E-state index contributed by atoms with van der Waals surface area (Å²) in [7, 11) is 0. The fourth-order valence-corrected chi connectivity index (χ4v) is 3.81. The molecule has 1 aromatic carbocycles. The second kappa shape index (κ2) is 9.49. The van der Waals surface area contributed by atoms with Gasteiger partial charge in [-0.3, -0.25) is 9.59 Å². The summed E-state index contributed by atoms with van der Waals surface area (Å²) in [4.78, 5) is 39.3. The number of benzene rings is 1. The second-order valence-corrected chi connectivity index (χ2v) is 9.09. The van der Waals surface area contributed by atoms with Crippen LogP contribution in [0.2, 0.25) is 0 Å². The summed E-state index contributed by atoms with van der Waals surface area (Å²) >= 11 is 0. The second-order valence-electron chi connectivity index (χ2n) is 9.09. The summed E-state index contributed by atoms with van der Waals surface area (Å²) in [5, 5.41) is 12.7. The van der Waals surface area contributed by atoms with Gasteiger partial charge in [0.05, 0.1) is 5.41 Å². The summed E-state index contributed by atoms with van der Waals surface area (Å²) in [5.41, 5.74) is -0.896. The lowest BCUT2D eigenvalue weighted by molar-refractivity contribution is -0.149. The molecule has 0 saturated carbocycles. The third kappa shape index (κ3) is 5.52. The van der Waals surface area contributed by atoms with Gasteiger partial charge in [0, 0.05) is 13.1 Å². The van der Waals surface area contributed by atoms with Gasteiger partial charge in [-0.2, -0.15) is 0 Å². The maximum atomic E-state index is 13.2. The largest absolute Gasteiger partial charge is 0.481 e. The first-order valence-electron chi connectivity index (χ1n) is 10.6. The number of likely N-dealkylation sites (tertiary alicyclic amines) is 1. The fourth-order valence-electron chi connectivity index (χ4n) is 3.81. The van der Waals surface area contributed by atoms with E-state index in [9.17, 15) is 19.5 Å². The van der Waals surface area contributed by atoms with E-state index in [-0.39, 0.29) is 11.8 Å². The van der Waals surface area contributed by atoms with E-state index < -0.39 is 29.1 Å². The van der Waals surface area contributed by atoms with E-state index in [1.807, 2.05) is 44.2 Å². The molecule has 1 fully saturated rings. The zero-order valence-electron chi connectivity index (χ0n) is 18.6. The van der Waals surface area contributed by atoms with Gasteiger partial charge in [0.15, 0.2) is 0 Å². The van der Waals surface area contributed by atoms with E-state index in [0.717, 1.165) is 5.56 Å². The number of carbonyl (C=O) groups is 3. The summed E-state index contributed by atoms with van der Waals surface area (Å²) in [6.45, 7) is 9.83. The van der Waals surface area contributed by atoms with Crippen LogP contribution >= 0.6 is 0 Å². The number of piperidine rings is 1. The predicted molar refractivity (Wildman–Crippen MR) is 114 cm³/mol. The number of carbonyl (C=O) groups excluding carboxylic acids is 2. The van der Waals surface area contributed by atoms with E-state index in [2.05, 4.69) is 5.32 Å². The molecule has 1 aliphatic heterocycles. The van der Waals surface area contributed by atoms with Crippen LogP contribution in [-0.2, 0) is 19.7 Å². The van der Waals surface area contributed by atoms with Crippen molar-refractivity contribution in [1.82, 2.24) is 10.2 Å². The average Bonchev–Trinajstić information content (AvgIpc) is 2.70. The third-order valence-electron chi connectivity index (χ3n) is 5.82. The molecule has 2 rings (SSSR count). The molecule has 2 atom stereocenters. The molecule has 30 heavy (non-hydrogen) atoms. The van der Waals surface area contributed by atoms with Crippen molar-refractivity contribution in [2.45, 2.75) is 70.9 Å². The molecule has 0 radical (unpaired) electrons. The Morgan fingerprint density at radius 3 is 2.20 bits per heavy atom. The van der Waals surface area contributed by atoms with Crippen LogP contribution in [0, 0.1) is 5.92 Å². The van der Waals surface area contributed by atoms with E-state index in [4.69, 9.17) is 4.74 Å². The SMILES string of the molecule is CC[C@@H](C)[C@H](NC(=O)OC(C)(C)C)C(=O)N1CCC(C(=O)O)(c2ccccc2)CC1. The van der Waals surface area contributed by atoms with Crippen molar-refractivity contribution in [1.29, 1.82) is 0 Å². The summed E-state index contributed by atoms with van der Waals surface area (Å²) in [6.07, 6.45) is 0.751. The van der Waals surface area contributed by atoms with Crippen molar-refractivity contribution in [3.63, 3.8) is 0 Å². The number of hydrogen-bond donors (Lipinski definition) is 2. The van der Waals surface area contributed by atoms with E-state index in [0.29, 0.717) is 32.4 Å². The minimum atomic E-state index is -0.998. The number of nitrogens with zero attached hydrogens (tertiary/aromatic N) is 1. The number of carboxylic acids is 1. The van der Waals surface area contributed by atoms with Crippen molar-refractivity contribution >= 4 is 18.0 Å². The van der Waals surface area contributed by atoms with Crippen LogP contribution in [0.4, 0.5) is 4.79 Å². The molecule has 1 saturated heterocycles. The molecule has 0 unspecified atom stereocenters. The standard InChI is InChI=1S/C23H34N2O5/c1-6-16(2)18(24-21(29)30-22(3,4)5)19(26)25-14-12-23(13-15-25,20(27)28)17-10-8-7-9-11-17/h7-11,16,18H,6,12-15H2,1-5H3,(H,24,29)(H,27,28)/t16-,18+/m1/s1. The monoisotopic (exact) mass is 418 g/mol. The summed E-state index contributed by atoms with van der Waals surface area (Å²) in [5.74, 6) is -1.14. The van der Waals surface area contributed by atoms with Crippen LogP contribution in [0.15, 0.2) is 30.3 Å². The highest BCUT2D eigenvalue weighted by atomic mass is 16.6. The number of alkyl carbamates (subject to hydrolysis) is 1. The number of aliphatic carboxylic acids is 1. The van der Waals surface area contributed by atoms with Gasteiger partial charge in [0.2, 0.25) is 5.91 Å². The Morgan fingerprint density at radius 2 is 1.73 bits per heavy atom. The van der Waals surface area contributed by atoms with Gasteiger partial charge < -0.3 is 20.1 Å². The van der Waals surface area contributed by atoms with Crippen molar-refractivity contribution < 1.29 is 24.2 Å². The number of ether oxygens (including phenoxy) is 1. The highest BCUT2D eigenvalue weighted by Crippen LogP contribution is 2.36. The van der Waals surface area contributed by atoms with E-state index in [1.165, 1.54) is 0 Å². The van der Waals surface area contributed by atoms with Crippen LogP contribution < -0.4 is 5.32 Å². The lowest BCUT2D eigenvalue weighted by atomic mass is 9.72. The van der Waals surface area contributed by atoms with Crippen molar-refractivity contribution in [3.05, 3.63) is 35.9 Å². The zero-order chi connectivity index (χ0) is 22.5. The van der Waals surface area contributed by atoms with E-state index in [1.54, 1.807) is 25.7 Å². The average molecular weight is 419 g/mol. The zero-order valence-corrected chi connectivity index (χ0v) is 18.6. The Bertz CT molecular complexity index is 749. The lowest BCUT2D eigenvalue weighted by Gasteiger charge is -2.41. The molecule has 7 nitrogen and oxygen atoms in total. The fraction of sp³-hybridized carbons (Fsp3) is 0.609. The molecular formula is C23H34N2O5. The molecule has 0 spiro atoms. The Labute approximate surface area is 178 Å². The number of hydrogen-bond acceptors (Lipinski definition) is 4. The molecule has 0 bridgehead atoms. The van der Waals surface area contributed by atoms with Gasteiger partial charge in [-0.1, -0.05) is 50.6 Å². The number of carboxylic acid groups (broad SMARTS) is 1. The molecular weight excluding hydrogens is 384 g/mol. The Morgan fingerprint density at radius 1 is 1.17 bits per heavy atom.